The van der Waals surface area contributed by atoms with Crippen LogP contribution in [0, 0.1) is 11.8 Å². The summed E-state index contributed by atoms with van der Waals surface area (Å²) in [5, 5.41) is 1.41. The van der Waals surface area contributed by atoms with Crippen molar-refractivity contribution in [3.8, 4) is 0 Å². The van der Waals surface area contributed by atoms with Gasteiger partial charge < -0.3 is 9.47 Å². The van der Waals surface area contributed by atoms with Crippen molar-refractivity contribution in [2.24, 2.45) is 11.8 Å². The number of hydrogen-bond acceptors (Lipinski definition) is 6. The highest BCUT2D eigenvalue weighted by Gasteiger charge is 2.49. The van der Waals surface area contributed by atoms with Crippen molar-refractivity contribution in [3.63, 3.8) is 0 Å². The fraction of sp³-hybridized carbons (Fsp3) is 0.0833. The van der Waals surface area contributed by atoms with Crippen LogP contribution < -0.4 is 0 Å². The molecule has 142 valence electrons. The molecule has 0 aromatic heterocycles. The molecule has 0 unspecified atom stereocenters. The van der Waals surface area contributed by atoms with E-state index in [9.17, 15) is 19.2 Å². The van der Waals surface area contributed by atoms with Gasteiger partial charge in [-0.15, -0.1) is 0 Å². The highest BCUT2D eigenvalue weighted by atomic mass is 16.6. The van der Waals surface area contributed by atoms with Gasteiger partial charge in [-0.3, -0.25) is 0 Å². The summed E-state index contributed by atoms with van der Waals surface area (Å²) in [4.78, 5) is 49.4. The van der Waals surface area contributed by atoms with Gasteiger partial charge in [0.2, 0.25) is 0 Å². The number of benzene rings is 2. The van der Waals surface area contributed by atoms with E-state index in [4.69, 9.17) is 9.47 Å². The summed E-state index contributed by atoms with van der Waals surface area (Å²) in [6.45, 7) is 0. The molecule has 0 saturated carbocycles. The second-order valence-electron chi connectivity index (χ2n) is 7.87. The van der Waals surface area contributed by atoms with E-state index >= 15 is 0 Å². The predicted octanol–water partition coefficient (Wildman–Crippen LogP) is 3.13. The van der Waals surface area contributed by atoms with Gasteiger partial charge in [-0.05, 0) is 39.8 Å². The molecule has 2 aliphatic heterocycles. The number of hydrogen-bond donors (Lipinski definition) is 0. The standard InChI is InChI=1S/C24H10O6/c25-21-13-5-1-9-10-2-6-15-20-16(24(28)30-23(15)27)8-4-12(18(10)20)11-3-7-14(22(26)29-21)19(13)17(9)11/h1-8,17,19H. The number of ether oxygens (including phenoxy) is 2. The summed E-state index contributed by atoms with van der Waals surface area (Å²) < 4.78 is 9.79. The van der Waals surface area contributed by atoms with E-state index in [1.807, 2.05) is 24.3 Å². The van der Waals surface area contributed by atoms with Crippen LogP contribution in [-0.4, -0.2) is 23.9 Å². The quantitative estimate of drug-likeness (QED) is 0.504. The van der Waals surface area contributed by atoms with Crippen LogP contribution >= 0.6 is 0 Å². The SMILES string of the molecule is O=C1OC(=O)C2=CC=C3c4ccc5c6c(ccc(c46)C4=CC=C1C2C43)C(=O)OC5=O. The Morgan fingerprint density at radius 1 is 0.467 bits per heavy atom. The van der Waals surface area contributed by atoms with E-state index < -0.39 is 29.8 Å². The molecule has 0 atom stereocenters. The maximum Gasteiger partial charge on any atom is 0.346 e. The second-order valence-corrected chi connectivity index (χ2v) is 7.87. The number of rotatable bonds is 0. The monoisotopic (exact) mass is 394 g/mol. The normalized spacial score (nSPS) is 24.9. The Morgan fingerprint density at radius 3 is 1.37 bits per heavy atom. The van der Waals surface area contributed by atoms with Crippen molar-refractivity contribution in [2.45, 2.75) is 0 Å². The van der Waals surface area contributed by atoms with Gasteiger partial charge in [-0.25, -0.2) is 19.2 Å². The Morgan fingerprint density at radius 2 is 0.833 bits per heavy atom. The van der Waals surface area contributed by atoms with E-state index in [-0.39, 0.29) is 5.92 Å². The Balaban J connectivity index is 1.64. The molecule has 0 bridgehead atoms. The van der Waals surface area contributed by atoms with Crippen molar-refractivity contribution >= 4 is 45.8 Å². The third-order valence-electron chi connectivity index (χ3n) is 6.62. The molecule has 7 rings (SSSR count). The molecule has 2 heterocycles. The Kier molecular flexibility index (Phi) is 2.59. The third-order valence-corrected chi connectivity index (χ3v) is 6.62. The van der Waals surface area contributed by atoms with E-state index in [1.54, 1.807) is 24.3 Å². The average molecular weight is 394 g/mol. The summed E-state index contributed by atoms with van der Waals surface area (Å²) >= 11 is 0. The van der Waals surface area contributed by atoms with Crippen molar-refractivity contribution in [1.29, 1.82) is 0 Å². The van der Waals surface area contributed by atoms with Crippen LogP contribution in [0.15, 0.2) is 59.7 Å². The maximum atomic E-state index is 12.4. The van der Waals surface area contributed by atoms with Crippen LogP contribution in [0.3, 0.4) is 0 Å². The molecule has 0 radical (unpaired) electrons. The lowest BCUT2D eigenvalue weighted by Crippen LogP contribution is -2.39. The lowest BCUT2D eigenvalue weighted by Gasteiger charge is -2.42. The second kappa shape index (κ2) is 4.91. The Hall–Kier alpha value is -4.06. The van der Waals surface area contributed by atoms with Gasteiger partial charge >= 0.3 is 23.9 Å². The van der Waals surface area contributed by atoms with Crippen LogP contribution in [0.4, 0.5) is 0 Å². The van der Waals surface area contributed by atoms with Gasteiger partial charge in [-0.2, -0.15) is 0 Å². The van der Waals surface area contributed by atoms with Crippen molar-refractivity contribution in [2.75, 3.05) is 0 Å². The maximum absolute atomic E-state index is 12.4. The minimum absolute atomic E-state index is 0.209. The van der Waals surface area contributed by atoms with Gasteiger partial charge in [0.25, 0.3) is 0 Å². The number of fused-ring (bicyclic) bond motifs is 2. The Bertz CT molecular complexity index is 1360. The molecule has 0 amide bonds. The van der Waals surface area contributed by atoms with E-state index in [1.165, 1.54) is 0 Å². The van der Waals surface area contributed by atoms with Crippen molar-refractivity contribution in [1.82, 2.24) is 0 Å². The molecule has 3 aliphatic carbocycles. The first-order valence-electron chi connectivity index (χ1n) is 9.51. The van der Waals surface area contributed by atoms with Crippen LogP contribution in [0.1, 0.15) is 31.8 Å². The lowest BCUT2D eigenvalue weighted by molar-refractivity contribution is -0.157. The van der Waals surface area contributed by atoms with Crippen LogP contribution in [-0.2, 0) is 19.1 Å². The van der Waals surface area contributed by atoms with Crippen LogP contribution in [0.5, 0.6) is 0 Å². The van der Waals surface area contributed by atoms with Crippen molar-refractivity contribution < 1.29 is 28.7 Å². The molecule has 1 fully saturated rings. The molecule has 6 heteroatoms. The minimum atomic E-state index is -0.654. The molecule has 0 spiro atoms. The lowest BCUT2D eigenvalue weighted by atomic mass is 9.61. The van der Waals surface area contributed by atoms with Gasteiger partial charge in [0.05, 0.1) is 11.1 Å². The molecule has 30 heavy (non-hydrogen) atoms. The number of allylic oxidation sites excluding steroid dienone is 6. The van der Waals surface area contributed by atoms with Crippen molar-refractivity contribution in [3.05, 3.63) is 82.0 Å². The zero-order chi connectivity index (χ0) is 20.3. The summed E-state index contributed by atoms with van der Waals surface area (Å²) in [5.41, 5.74) is 5.33. The van der Waals surface area contributed by atoms with Gasteiger partial charge in [0, 0.05) is 28.4 Å². The fourth-order valence-electron chi connectivity index (χ4n) is 5.44. The van der Waals surface area contributed by atoms with Gasteiger partial charge in [0.15, 0.2) is 0 Å². The highest BCUT2D eigenvalue weighted by Crippen LogP contribution is 2.57. The molecule has 0 N–H and O–H groups in total. The molecule has 1 saturated heterocycles. The third kappa shape index (κ3) is 1.63. The summed E-state index contributed by atoms with van der Waals surface area (Å²) in [5.74, 6) is -3.14. The van der Waals surface area contributed by atoms with E-state index in [0.29, 0.717) is 27.7 Å². The highest BCUT2D eigenvalue weighted by molar-refractivity contribution is 6.25. The van der Waals surface area contributed by atoms with E-state index in [0.717, 1.165) is 27.7 Å². The predicted molar refractivity (Wildman–Crippen MR) is 104 cm³/mol. The molecular formula is C24H10O6. The molecular weight excluding hydrogens is 384 g/mol. The summed E-state index contributed by atoms with van der Waals surface area (Å²) in [6, 6.07) is 7.05. The molecule has 2 aromatic carbocycles. The average Bonchev–Trinajstić information content (AvgIpc) is 2.74. The Labute approximate surface area is 168 Å². The van der Waals surface area contributed by atoms with Crippen LogP contribution in [0.25, 0.3) is 21.9 Å². The first kappa shape index (κ1) is 15.8. The number of carbonyl (C=O) groups is 4. The van der Waals surface area contributed by atoms with E-state index in [2.05, 4.69) is 0 Å². The number of carbonyl (C=O) groups excluding carboxylic acids is 4. The molecule has 6 nitrogen and oxygen atoms in total. The zero-order valence-electron chi connectivity index (χ0n) is 15.2. The summed E-state index contributed by atoms with van der Waals surface area (Å²) in [6.07, 6.45) is 7.17. The zero-order valence-corrected chi connectivity index (χ0v) is 15.2. The van der Waals surface area contributed by atoms with Gasteiger partial charge in [-0.1, -0.05) is 36.4 Å². The minimum Gasteiger partial charge on any atom is -0.386 e. The number of esters is 4. The topological polar surface area (TPSA) is 86.7 Å². The first-order valence-corrected chi connectivity index (χ1v) is 9.51. The largest absolute Gasteiger partial charge is 0.386 e. The molecule has 5 aliphatic rings. The fourth-order valence-corrected chi connectivity index (χ4v) is 5.44. The van der Waals surface area contributed by atoms with Crippen LogP contribution in [0.2, 0.25) is 0 Å². The first-order chi connectivity index (χ1) is 14.5. The smallest absolute Gasteiger partial charge is 0.346 e. The summed E-state index contributed by atoms with van der Waals surface area (Å²) in [7, 11) is 0. The van der Waals surface area contributed by atoms with Gasteiger partial charge in [0.1, 0.15) is 0 Å². The number of cyclic esters (lactones) is 4. The molecule has 2 aromatic rings.